The summed E-state index contributed by atoms with van der Waals surface area (Å²) in [5.41, 5.74) is 1.34. The zero-order valence-electron chi connectivity index (χ0n) is 14.1. The number of benzene rings is 1. The summed E-state index contributed by atoms with van der Waals surface area (Å²) in [4.78, 5) is 25.4. The number of nitrogens with one attached hydrogen (secondary N) is 1. The molecule has 0 unspecified atom stereocenters. The molecule has 126 valence electrons. The van der Waals surface area contributed by atoms with Crippen LogP contribution in [-0.2, 0) is 0 Å². The maximum absolute atomic E-state index is 13.0. The minimum Gasteiger partial charge on any atom is -0.497 e. The number of carbonyl (C=O) groups is 1. The van der Waals surface area contributed by atoms with Crippen molar-refractivity contribution < 1.29 is 9.53 Å². The highest BCUT2D eigenvalue weighted by atomic mass is 16.5. The molecule has 1 aliphatic rings. The monoisotopic (exact) mass is 327 g/mol. The summed E-state index contributed by atoms with van der Waals surface area (Å²) in [7, 11) is 3.56. The molecule has 1 aromatic carbocycles. The number of hydrogen-bond acceptors (Lipinski definition) is 6. The van der Waals surface area contributed by atoms with Crippen LogP contribution in [-0.4, -0.2) is 49.7 Å². The molecule has 0 saturated carbocycles. The molecule has 24 heavy (non-hydrogen) atoms. The lowest BCUT2D eigenvalue weighted by Gasteiger charge is -2.21. The number of fused-ring (bicyclic) bond motifs is 1. The molecule has 1 N–H and O–H groups in total. The Hall–Kier alpha value is -2.83. The fourth-order valence-electron chi connectivity index (χ4n) is 2.67. The fraction of sp³-hybridized carbons (Fsp3) is 0.353. The summed E-state index contributed by atoms with van der Waals surface area (Å²) < 4.78 is 5.18. The van der Waals surface area contributed by atoms with Gasteiger partial charge in [-0.3, -0.25) is 4.79 Å². The van der Waals surface area contributed by atoms with Crippen molar-refractivity contribution in [2.24, 2.45) is 0 Å². The van der Waals surface area contributed by atoms with Crippen LogP contribution >= 0.6 is 0 Å². The van der Waals surface area contributed by atoms with Crippen LogP contribution in [0.25, 0.3) is 0 Å². The van der Waals surface area contributed by atoms with Gasteiger partial charge in [0.2, 0.25) is 5.95 Å². The predicted octanol–water partition coefficient (Wildman–Crippen LogP) is 2.01. The van der Waals surface area contributed by atoms with Crippen LogP contribution in [0.1, 0.15) is 17.3 Å². The molecule has 0 atom stereocenters. The Bertz CT molecular complexity index is 732. The van der Waals surface area contributed by atoms with Gasteiger partial charge in [0.05, 0.1) is 7.11 Å². The lowest BCUT2D eigenvalue weighted by molar-refractivity contribution is 0.0989. The molecule has 0 spiro atoms. The Labute approximate surface area is 141 Å². The molecular weight excluding hydrogens is 306 g/mol. The molecule has 0 radical (unpaired) electrons. The average Bonchev–Trinajstić information content (AvgIpc) is 2.73. The second-order valence-corrected chi connectivity index (χ2v) is 5.54. The molecule has 1 aromatic heterocycles. The van der Waals surface area contributed by atoms with Crippen molar-refractivity contribution in [3.63, 3.8) is 0 Å². The first-order valence-electron chi connectivity index (χ1n) is 7.92. The Kier molecular flexibility index (Phi) is 4.50. The van der Waals surface area contributed by atoms with Gasteiger partial charge in [0, 0.05) is 38.6 Å². The third kappa shape index (κ3) is 2.97. The van der Waals surface area contributed by atoms with Gasteiger partial charge < -0.3 is 19.9 Å². The van der Waals surface area contributed by atoms with E-state index in [1.54, 1.807) is 18.2 Å². The second kappa shape index (κ2) is 6.74. The number of amides is 1. The SMILES string of the molecule is CCNc1ncc2c(n1)N(C)CCN(c1ccc(OC)cc1)C2=O. The highest BCUT2D eigenvalue weighted by Crippen LogP contribution is 2.27. The highest BCUT2D eigenvalue weighted by Gasteiger charge is 2.27. The molecule has 7 heteroatoms. The first kappa shape index (κ1) is 16.0. The number of rotatable bonds is 4. The predicted molar refractivity (Wildman–Crippen MR) is 94.1 cm³/mol. The molecule has 2 aromatic rings. The third-order valence-corrected chi connectivity index (χ3v) is 3.98. The summed E-state index contributed by atoms with van der Waals surface area (Å²) in [5, 5.41) is 3.08. The number of methoxy groups -OCH3 is 1. The van der Waals surface area contributed by atoms with E-state index in [2.05, 4.69) is 15.3 Å². The van der Waals surface area contributed by atoms with E-state index in [0.717, 1.165) is 18.0 Å². The van der Waals surface area contributed by atoms with Crippen molar-refractivity contribution in [2.45, 2.75) is 6.92 Å². The lowest BCUT2D eigenvalue weighted by atomic mass is 10.2. The van der Waals surface area contributed by atoms with Crippen LogP contribution in [0, 0.1) is 0 Å². The highest BCUT2D eigenvalue weighted by molar-refractivity contribution is 6.09. The Morgan fingerprint density at radius 1 is 1.25 bits per heavy atom. The zero-order chi connectivity index (χ0) is 17.1. The van der Waals surface area contributed by atoms with E-state index in [0.29, 0.717) is 30.4 Å². The van der Waals surface area contributed by atoms with Crippen LogP contribution in [0.5, 0.6) is 5.75 Å². The normalized spacial score (nSPS) is 14.2. The average molecular weight is 327 g/mol. The van der Waals surface area contributed by atoms with E-state index in [9.17, 15) is 4.79 Å². The summed E-state index contributed by atoms with van der Waals surface area (Å²) in [6.45, 7) is 3.98. The largest absolute Gasteiger partial charge is 0.497 e. The number of hydrogen-bond donors (Lipinski definition) is 1. The molecule has 2 heterocycles. The quantitative estimate of drug-likeness (QED) is 0.926. The molecule has 0 fully saturated rings. The van der Waals surface area contributed by atoms with E-state index in [-0.39, 0.29) is 5.91 Å². The number of anilines is 3. The lowest BCUT2D eigenvalue weighted by Crippen LogP contribution is -2.33. The van der Waals surface area contributed by atoms with Gasteiger partial charge >= 0.3 is 0 Å². The van der Waals surface area contributed by atoms with Crippen molar-refractivity contribution in [1.82, 2.24) is 9.97 Å². The maximum atomic E-state index is 13.0. The number of likely N-dealkylation sites (N-methyl/N-ethyl adjacent to an activating group) is 1. The molecule has 0 bridgehead atoms. The second-order valence-electron chi connectivity index (χ2n) is 5.54. The van der Waals surface area contributed by atoms with Gasteiger partial charge in [-0.05, 0) is 31.2 Å². The standard InChI is InChI=1S/C17H21N5O2/c1-4-18-17-19-11-14-15(20-17)21(2)9-10-22(16(14)23)12-5-7-13(24-3)8-6-12/h5-8,11H,4,9-10H2,1-3H3,(H,18,19,20). The first-order chi connectivity index (χ1) is 11.6. The summed E-state index contributed by atoms with van der Waals surface area (Å²) in [6, 6.07) is 7.47. The fourth-order valence-corrected chi connectivity index (χ4v) is 2.67. The molecule has 0 saturated heterocycles. The van der Waals surface area contributed by atoms with Crippen molar-refractivity contribution in [3.05, 3.63) is 36.0 Å². The smallest absolute Gasteiger partial charge is 0.263 e. The van der Waals surface area contributed by atoms with Gasteiger partial charge in [-0.15, -0.1) is 0 Å². The van der Waals surface area contributed by atoms with Crippen LogP contribution in [0.3, 0.4) is 0 Å². The van der Waals surface area contributed by atoms with Crippen LogP contribution in [0.2, 0.25) is 0 Å². The topological polar surface area (TPSA) is 70.6 Å². The number of aromatic nitrogens is 2. The van der Waals surface area contributed by atoms with Crippen LogP contribution in [0.4, 0.5) is 17.5 Å². The van der Waals surface area contributed by atoms with Crippen molar-refractivity contribution in [3.8, 4) is 5.75 Å². The Morgan fingerprint density at radius 3 is 2.67 bits per heavy atom. The molecule has 3 rings (SSSR count). The van der Waals surface area contributed by atoms with Crippen LogP contribution < -0.4 is 19.9 Å². The summed E-state index contributed by atoms with van der Waals surface area (Å²) >= 11 is 0. The third-order valence-electron chi connectivity index (χ3n) is 3.98. The van der Waals surface area contributed by atoms with Gasteiger partial charge in [0.1, 0.15) is 17.1 Å². The van der Waals surface area contributed by atoms with E-state index in [1.807, 2.05) is 43.1 Å². The minimum atomic E-state index is -0.0948. The molecular formula is C17H21N5O2. The van der Waals surface area contributed by atoms with Crippen molar-refractivity contribution >= 4 is 23.4 Å². The molecule has 7 nitrogen and oxygen atoms in total. The molecule has 1 amide bonds. The number of nitrogens with zero attached hydrogens (tertiary/aromatic N) is 4. The van der Waals surface area contributed by atoms with E-state index < -0.39 is 0 Å². The van der Waals surface area contributed by atoms with E-state index in [4.69, 9.17) is 4.74 Å². The Balaban J connectivity index is 1.96. The summed E-state index contributed by atoms with van der Waals surface area (Å²) in [6.07, 6.45) is 1.60. The Morgan fingerprint density at radius 2 is 2.00 bits per heavy atom. The number of ether oxygens (including phenoxy) is 1. The molecule has 0 aliphatic carbocycles. The van der Waals surface area contributed by atoms with E-state index in [1.165, 1.54) is 0 Å². The molecule has 1 aliphatic heterocycles. The van der Waals surface area contributed by atoms with Gasteiger partial charge in [-0.2, -0.15) is 4.98 Å². The maximum Gasteiger partial charge on any atom is 0.263 e. The van der Waals surface area contributed by atoms with Gasteiger partial charge in [0.15, 0.2) is 0 Å². The van der Waals surface area contributed by atoms with Crippen LogP contribution in [0.15, 0.2) is 30.5 Å². The minimum absolute atomic E-state index is 0.0948. The van der Waals surface area contributed by atoms with E-state index >= 15 is 0 Å². The zero-order valence-corrected chi connectivity index (χ0v) is 14.1. The summed E-state index contributed by atoms with van der Waals surface area (Å²) in [5.74, 6) is 1.86. The first-order valence-corrected chi connectivity index (χ1v) is 7.92. The van der Waals surface area contributed by atoms with Crippen molar-refractivity contribution in [1.29, 1.82) is 0 Å². The van der Waals surface area contributed by atoms with Gasteiger partial charge in [-0.1, -0.05) is 0 Å². The van der Waals surface area contributed by atoms with Gasteiger partial charge in [0.25, 0.3) is 5.91 Å². The van der Waals surface area contributed by atoms with Crippen molar-refractivity contribution in [2.75, 3.05) is 48.9 Å². The van der Waals surface area contributed by atoms with Gasteiger partial charge in [-0.25, -0.2) is 4.98 Å². The number of carbonyl (C=O) groups excluding carboxylic acids is 1.